The first-order chi connectivity index (χ1) is 11.8. The molecular formula is C17H19N5OS. The maximum Gasteiger partial charge on any atom is 0.225 e. The van der Waals surface area contributed by atoms with Gasteiger partial charge in [-0.15, -0.1) is 0 Å². The summed E-state index contributed by atoms with van der Waals surface area (Å²) in [6, 6.07) is 5.93. The molecule has 24 heavy (non-hydrogen) atoms. The molecule has 0 unspecified atom stereocenters. The number of aryl methyl sites for hydroxylation is 1. The highest BCUT2D eigenvalue weighted by Gasteiger charge is 2.22. The number of methoxy groups -OCH3 is 1. The molecule has 6 nitrogen and oxygen atoms in total. The van der Waals surface area contributed by atoms with Crippen LogP contribution in [-0.4, -0.2) is 48.2 Å². The summed E-state index contributed by atoms with van der Waals surface area (Å²) in [5, 5.41) is 1.06. The molecule has 1 aliphatic heterocycles. The Balaban J connectivity index is 1.56. The highest BCUT2D eigenvalue weighted by Crippen LogP contribution is 2.36. The fourth-order valence-electron chi connectivity index (χ4n) is 2.95. The minimum absolute atomic E-state index is 0.805. The summed E-state index contributed by atoms with van der Waals surface area (Å²) in [5.74, 6) is 1.65. The molecule has 2 aromatic heterocycles. The average Bonchev–Trinajstić information content (AvgIpc) is 3.09. The van der Waals surface area contributed by atoms with Crippen LogP contribution in [0.5, 0.6) is 5.75 Å². The van der Waals surface area contributed by atoms with Gasteiger partial charge in [-0.25, -0.2) is 15.0 Å². The Morgan fingerprint density at radius 1 is 1.04 bits per heavy atom. The van der Waals surface area contributed by atoms with Gasteiger partial charge in [-0.3, -0.25) is 0 Å². The van der Waals surface area contributed by atoms with E-state index >= 15 is 0 Å². The van der Waals surface area contributed by atoms with Gasteiger partial charge in [-0.2, -0.15) is 0 Å². The molecule has 1 aromatic carbocycles. The molecule has 3 aromatic rings. The van der Waals surface area contributed by atoms with Crippen molar-refractivity contribution in [2.75, 3.05) is 43.1 Å². The van der Waals surface area contributed by atoms with Crippen molar-refractivity contribution in [2.45, 2.75) is 6.92 Å². The Hall–Kier alpha value is -2.41. The van der Waals surface area contributed by atoms with Crippen LogP contribution in [0.25, 0.3) is 10.2 Å². The largest absolute Gasteiger partial charge is 0.494 e. The number of hydrogen-bond donors (Lipinski definition) is 0. The molecule has 1 saturated heterocycles. The van der Waals surface area contributed by atoms with Crippen LogP contribution < -0.4 is 14.5 Å². The zero-order valence-corrected chi connectivity index (χ0v) is 14.6. The molecule has 0 N–H and O–H groups in total. The van der Waals surface area contributed by atoms with Crippen LogP contribution >= 0.6 is 11.3 Å². The van der Waals surface area contributed by atoms with Crippen LogP contribution in [-0.2, 0) is 0 Å². The number of hydrogen-bond acceptors (Lipinski definition) is 7. The van der Waals surface area contributed by atoms with Crippen molar-refractivity contribution < 1.29 is 4.74 Å². The zero-order chi connectivity index (χ0) is 16.5. The Labute approximate surface area is 144 Å². The zero-order valence-electron chi connectivity index (χ0n) is 13.8. The Bertz CT molecular complexity index is 843. The van der Waals surface area contributed by atoms with Gasteiger partial charge in [0.25, 0.3) is 0 Å². The Kier molecular flexibility index (Phi) is 3.93. The van der Waals surface area contributed by atoms with Crippen molar-refractivity contribution in [1.29, 1.82) is 0 Å². The number of nitrogens with zero attached hydrogens (tertiary/aromatic N) is 5. The molecule has 0 atom stereocenters. The normalized spacial score (nSPS) is 15.1. The van der Waals surface area contributed by atoms with Gasteiger partial charge in [0.05, 0.1) is 11.8 Å². The van der Waals surface area contributed by atoms with Crippen LogP contribution in [0.3, 0.4) is 0 Å². The molecule has 124 valence electrons. The van der Waals surface area contributed by atoms with Gasteiger partial charge in [0, 0.05) is 38.6 Å². The number of anilines is 2. The number of rotatable bonds is 3. The van der Waals surface area contributed by atoms with Crippen molar-refractivity contribution in [3.63, 3.8) is 0 Å². The molecule has 1 aliphatic rings. The van der Waals surface area contributed by atoms with Gasteiger partial charge in [-0.05, 0) is 24.6 Å². The van der Waals surface area contributed by atoms with E-state index in [-0.39, 0.29) is 0 Å². The molecule has 7 heteroatoms. The second-order valence-electron chi connectivity index (χ2n) is 5.78. The van der Waals surface area contributed by atoms with E-state index < -0.39 is 0 Å². The van der Waals surface area contributed by atoms with Crippen molar-refractivity contribution >= 4 is 32.6 Å². The minimum atomic E-state index is 0.805. The molecule has 4 rings (SSSR count). The van der Waals surface area contributed by atoms with Crippen LogP contribution in [0.15, 0.2) is 30.6 Å². The van der Waals surface area contributed by atoms with E-state index in [9.17, 15) is 0 Å². The van der Waals surface area contributed by atoms with Crippen molar-refractivity contribution in [3.05, 3.63) is 36.2 Å². The summed E-state index contributed by atoms with van der Waals surface area (Å²) >= 11 is 1.74. The molecule has 0 amide bonds. The number of piperazine rings is 1. The van der Waals surface area contributed by atoms with Gasteiger partial charge >= 0.3 is 0 Å². The standard InChI is InChI=1S/C17H19N5OS/c1-12-4-5-13(23-2)14-15(12)24-17(20-14)22-10-8-21(9-11-22)16-18-6-3-7-19-16/h3-7H,8-11H2,1-2H3. The predicted molar refractivity (Wildman–Crippen MR) is 97.4 cm³/mol. The number of aromatic nitrogens is 3. The quantitative estimate of drug-likeness (QED) is 0.730. The number of fused-ring (bicyclic) bond motifs is 1. The first kappa shape index (κ1) is 15.1. The average molecular weight is 341 g/mol. The topological polar surface area (TPSA) is 54.4 Å². The lowest BCUT2D eigenvalue weighted by molar-refractivity contribution is 0.419. The van der Waals surface area contributed by atoms with Crippen LogP contribution in [0, 0.1) is 6.92 Å². The maximum atomic E-state index is 5.46. The third-order valence-electron chi connectivity index (χ3n) is 4.30. The molecule has 3 heterocycles. The lowest BCUT2D eigenvalue weighted by atomic mass is 10.2. The summed E-state index contributed by atoms with van der Waals surface area (Å²) in [7, 11) is 1.70. The Morgan fingerprint density at radius 2 is 1.75 bits per heavy atom. The van der Waals surface area contributed by atoms with Crippen molar-refractivity contribution in [3.8, 4) is 5.75 Å². The monoisotopic (exact) mass is 341 g/mol. The first-order valence-corrected chi connectivity index (χ1v) is 8.79. The lowest BCUT2D eigenvalue weighted by Crippen LogP contribution is -2.47. The summed E-state index contributed by atoms with van der Waals surface area (Å²) in [6.45, 7) is 5.75. The van der Waals surface area contributed by atoms with Crippen LogP contribution in [0.1, 0.15) is 5.56 Å². The van der Waals surface area contributed by atoms with Crippen LogP contribution in [0.2, 0.25) is 0 Å². The van der Waals surface area contributed by atoms with Crippen molar-refractivity contribution in [1.82, 2.24) is 15.0 Å². The molecule has 0 aliphatic carbocycles. The number of benzene rings is 1. The predicted octanol–water partition coefficient (Wildman–Crippen LogP) is 2.73. The van der Waals surface area contributed by atoms with Crippen molar-refractivity contribution in [2.24, 2.45) is 0 Å². The molecule has 0 saturated carbocycles. The highest BCUT2D eigenvalue weighted by atomic mass is 32.1. The maximum absolute atomic E-state index is 5.46. The fourth-order valence-corrected chi connectivity index (χ4v) is 4.05. The summed E-state index contributed by atoms with van der Waals surface area (Å²) in [4.78, 5) is 18.1. The second kappa shape index (κ2) is 6.24. The first-order valence-electron chi connectivity index (χ1n) is 7.97. The van der Waals surface area contributed by atoms with E-state index in [0.29, 0.717) is 0 Å². The minimum Gasteiger partial charge on any atom is -0.494 e. The third kappa shape index (κ3) is 2.65. The smallest absolute Gasteiger partial charge is 0.225 e. The van der Waals surface area contributed by atoms with Crippen LogP contribution in [0.4, 0.5) is 11.1 Å². The van der Waals surface area contributed by atoms with Gasteiger partial charge < -0.3 is 14.5 Å². The van der Waals surface area contributed by atoms with E-state index in [2.05, 4.69) is 32.8 Å². The van der Waals surface area contributed by atoms with E-state index in [1.165, 1.54) is 10.3 Å². The third-order valence-corrected chi connectivity index (χ3v) is 5.55. The van der Waals surface area contributed by atoms with Gasteiger partial charge in [-0.1, -0.05) is 17.4 Å². The fraction of sp³-hybridized carbons (Fsp3) is 0.353. The number of thiazole rings is 1. The summed E-state index contributed by atoms with van der Waals surface area (Å²) < 4.78 is 6.67. The second-order valence-corrected chi connectivity index (χ2v) is 6.76. The Morgan fingerprint density at radius 3 is 2.46 bits per heavy atom. The van der Waals surface area contributed by atoms with E-state index in [1.807, 2.05) is 12.1 Å². The van der Waals surface area contributed by atoms with E-state index in [4.69, 9.17) is 9.72 Å². The van der Waals surface area contributed by atoms with E-state index in [0.717, 1.165) is 48.5 Å². The molecular weight excluding hydrogens is 322 g/mol. The number of ether oxygens (including phenoxy) is 1. The van der Waals surface area contributed by atoms with Gasteiger partial charge in [0.2, 0.25) is 5.95 Å². The summed E-state index contributed by atoms with van der Waals surface area (Å²) in [6.07, 6.45) is 3.58. The SMILES string of the molecule is COc1ccc(C)c2sc(N3CCN(c4ncccn4)CC3)nc12. The lowest BCUT2D eigenvalue weighted by Gasteiger charge is -2.34. The molecule has 1 fully saturated rings. The summed E-state index contributed by atoms with van der Waals surface area (Å²) in [5.41, 5.74) is 2.21. The highest BCUT2D eigenvalue weighted by molar-refractivity contribution is 7.22. The molecule has 0 spiro atoms. The molecule has 0 bridgehead atoms. The molecule has 0 radical (unpaired) electrons. The van der Waals surface area contributed by atoms with Gasteiger partial charge in [0.15, 0.2) is 5.13 Å². The van der Waals surface area contributed by atoms with Gasteiger partial charge in [0.1, 0.15) is 11.3 Å². The van der Waals surface area contributed by atoms with E-state index in [1.54, 1.807) is 30.8 Å².